The fraction of sp³-hybridized carbons (Fsp3) is 0.500. The van der Waals surface area contributed by atoms with Crippen LogP contribution in [0.3, 0.4) is 0 Å². The zero-order chi connectivity index (χ0) is 12.7. The minimum atomic E-state index is 0.375. The average Bonchev–Trinajstić information content (AvgIpc) is 2.74. The van der Waals surface area contributed by atoms with Crippen LogP contribution >= 0.6 is 11.3 Å². The van der Waals surface area contributed by atoms with Crippen LogP contribution in [-0.2, 0) is 0 Å². The van der Waals surface area contributed by atoms with Gasteiger partial charge in [0, 0.05) is 19.1 Å². The van der Waals surface area contributed by atoms with Crippen LogP contribution in [0.4, 0.5) is 5.13 Å². The number of hydrogen-bond donors (Lipinski definition) is 1. The molecule has 3 rings (SSSR count). The maximum atomic E-state index is 5.95. The largest absolute Gasteiger partial charge is 0.348 e. The summed E-state index contributed by atoms with van der Waals surface area (Å²) in [6, 6.07) is 4.79. The predicted molar refractivity (Wildman–Crippen MR) is 78.5 cm³/mol. The van der Waals surface area contributed by atoms with Gasteiger partial charge in [-0.3, -0.25) is 0 Å². The lowest BCUT2D eigenvalue weighted by Crippen LogP contribution is -2.39. The van der Waals surface area contributed by atoms with Gasteiger partial charge in [-0.2, -0.15) is 0 Å². The third kappa shape index (κ3) is 2.10. The summed E-state index contributed by atoms with van der Waals surface area (Å²) in [4.78, 5) is 7.16. The SMILES string of the molecule is Cc1cc(C)c2sc(N3CCC(N)CC3)nc2c1. The highest BCUT2D eigenvalue weighted by molar-refractivity contribution is 7.22. The Balaban J connectivity index is 1.96. The van der Waals surface area contributed by atoms with Crippen LogP contribution < -0.4 is 10.6 Å². The molecule has 2 aromatic rings. The number of benzene rings is 1. The normalized spacial score (nSPS) is 17.6. The van der Waals surface area contributed by atoms with Crippen molar-refractivity contribution in [3.63, 3.8) is 0 Å². The highest BCUT2D eigenvalue weighted by Gasteiger charge is 2.19. The number of piperidine rings is 1. The smallest absolute Gasteiger partial charge is 0.186 e. The molecule has 1 aliphatic rings. The number of nitrogens with two attached hydrogens (primary N) is 1. The highest BCUT2D eigenvalue weighted by Crippen LogP contribution is 2.33. The van der Waals surface area contributed by atoms with Crippen molar-refractivity contribution in [2.45, 2.75) is 32.7 Å². The number of thiazole rings is 1. The van der Waals surface area contributed by atoms with E-state index in [-0.39, 0.29) is 0 Å². The van der Waals surface area contributed by atoms with Crippen LogP contribution in [0.2, 0.25) is 0 Å². The first-order valence-electron chi connectivity index (χ1n) is 6.52. The summed E-state index contributed by atoms with van der Waals surface area (Å²) in [6.45, 7) is 6.38. The Hall–Kier alpha value is -1.13. The molecule has 1 fully saturated rings. The van der Waals surface area contributed by atoms with Gasteiger partial charge in [0.25, 0.3) is 0 Å². The molecule has 0 aliphatic carbocycles. The van der Waals surface area contributed by atoms with Gasteiger partial charge in [-0.15, -0.1) is 0 Å². The van der Waals surface area contributed by atoms with Gasteiger partial charge >= 0.3 is 0 Å². The van der Waals surface area contributed by atoms with E-state index in [1.807, 2.05) is 11.3 Å². The van der Waals surface area contributed by atoms with Crippen molar-refractivity contribution in [2.75, 3.05) is 18.0 Å². The molecule has 1 aromatic heterocycles. The molecule has 1 saturated heterocycles. The molecule has 1 aliphatic heterocycles. The second-order valence-corrected chi connectivity index (χ2v) is 6.23. The summed E-state index contributed by atoms with van der Waals surface area (Å²) >= 11 is 1.81. The molecule has 0 unspecified atom stereocenters. The van der Waals surface area contributed by atoms with E-state index in [4.69, 9.17) is 10.7 Å². The molecule has 2 N–H and O–H groups in total. The molecule has 4 heteroatoms. The number of fused-ring (bicyclic) bond motifs is 1. The van der Waals surface area contributed by atoms with Crippen molar-refractivity contribution in [3.8, 4) is 0 Å². The van der Waals surface area contributed by atoms with Gasteiger partial charge in [0.2, 0.25) is 0 Å². The van der Waals surface area contributed by atoms with Gasteiger partial charge in [0.1, 0.15) is 0 Å². The van der Waals surface area contributed by atoms with E-state index in [0.717, 1.165) is 36.6 Å². The van der Waals surface area contributed by atoms with E-state index in [9.17, 15) is 0 Å². The third-order valence-corrected chi connectivity index (χ3v) is 4.89. The second kappa shape index (κ2) is 4.52. The number of rotatable bonds is 1. The second-order valence-electron chi connectivity index (χ2n) is 5.25. The molecule has 96 valence electrons. The molecule has 0 bridgehead atoms. The lowest BCUT2D eigenvalue weighted by molar-refractivity contribution is 0.501. The molecule has 0 atom stereocenters. The molecule has 1 aromatic carbocycles. The summed E-state index contributed by atoms with van der Waals surface area (Å²) in [5.74, 6) is 0. The van der Waals surface area contributed by atoms with E-state index >= 15 is 0 Å². The Morgan fingerprint density at radius 3 is 2.72 bits per heavy atom. The first kappa shape index (κ1) is 11.9. The molecule has 0 saturated carbocycles. The van der Waals surface area contributed by atoms with E-state index < -0.39 is 0 Å². The maximum absolute atomic E-state index is 5.95. The third-order valence-electron chi connectivity index (χ3n) is 3.62. The standard InChI is InChI=1S/C14H19N3S/c1-9-7-10(2)13-12(8-9)16-14(18-13)17-5-3-11(15)4-6-17/h7-8,11H,3-6,15H2,1-2H3. The van der Waals surface area contributed by atoms with Crippen molar-refractivity contribution in [1.82, 2.24) is 4.98 Å². The Morgan fingerprint density at radius 1 is 1.28 bits per heavy atom. The molecule has 0 spiro atoms. The van der Waals surface area contributed by atoms with Crippen LogP contribution in [0.5, 0.6) is 0 Å². The van der Waals surface area contributed by atoms with E-state index in [1.165, 1.54) is 15.8 Å². The van der Waals surface area contributed by atoms with E-state index in [1.54, 1.807) is 0 Å². The van der Waals surface area contributed by atoms with Crippen LogP contribution in [0.15, 0.2) is 12.1 Å². The van der Waals surface area contributed by atoms with Gasteiger partial charge < -0.3 is 10.6 Å². The van der Waals surface area contributed by atoms with Crippen molar-refractivity contribution in [2.24, 2.45) is 5.73 Å². The minimum absolute atomic E-state index is 0.375. The first-order valence-corrected chi connectivity index (χ1v) is 7.33. The Bertz CT molecular complexity index is 568. The van der Waals surface area contributed by atoms with Gasteiger partial charge in [-0.1, -0.05) is 17.4 Å². The van der Waals surface area contributed by atoms with Crippen molar-refractivity contribution in [3.05, 3.63) is 23.3 Å². The summed E-state index contributed by atoms with van der Waals surface area (Å²) in [5.41, 5.74) is 9.72. The fourth-order valence-electron chi connectivity index (χ4n) is 2.59. The van der Waals surface area contributed by atoms with E-state index in [2.05, 4.69) is 30.9 Å². The predicted octanol–water partition coefficient (Wildman–Crippen LogP) is 2.84. The van der Waals surface area contributed by atoms with Crippen LogP contribution in [0.1, 0.15) is 24.0 Å². The van der Waals surface area contributed by atoms with Crippen LogP contribution in [0, 0.1) is 13.8 Å². The quantitative estimate of drug-likeness (QED) is 0.858. The average molecular weight is 261 g/mol. The topological polar surface area (TPSA) is 42.1 Å². The molecule has 2 heterocycles. The number of hydrogen-bond acceptors (Lipinski definition) is 4. The molecular formula is C14H19N3S. The van der Waals surface area contributed by atoms with E-state index in [0.29, 0.717) is 6.04 Å². The van der Waals surface area contributed by atoms with Crippen molar-refractivity contribution < 1.29 is 0 Å². The number of anilines is 1. The Morgan fingerprint density at radius 2 is 2.00 bits per heavy atom. The van der Waals surface area contributed by atoms with Gasteiger partial charge in [-0.05, 0) is 43.9 Å². The minimum Gasteiger partial charge on any atom is -0.348 e. The summed E-state index contributed by atoms with van der Waals surface area (Å²) in [5, 5.41) is 1.16. The summed E-state index contributed by atoms with van der Waals surface area (Å²) in [6.07, 6.45) is 2.15. The molecule has 0 amide bonds. The molecule has 18 heavy (non-hydrogen) atoms. The van der Waals surface area contributed by atoms with Crippen LogP contribution in [0.25, 0.3) is 10.2 Å². The lowest BCUT2D eigenvalue weighted by atomic mass is 10.1. The number of aryl methyl sites for hydroxylation is 2. The zero-order valence-electron chi connectivity index (χ0n) is 10.9. The number of nitrogens with zero attached hydrogens (tertiary/aromatic N) is 2. The maximum Gasteiger partial charge on any atom is 0.186 e. The summed E-state index contributed by atoms with van der Waals surface area (Å²) < 4.78 is 1.32. The van der Waals surface area contributed by atoms with Crippen molar-refractivity contribution in [1.29, 1.82) is 0 Å². The van der Waals surface area contributed by atoms with Gasteiger partial charge in [0.05, 0.1) is 10.2 Å². The molecule has 3 nitrogen and oxygen atoms in total. The monoisotopic (exact) mass is 261 g/mol. The highest BCUT2D eigenvalue weighted by atomic mass is 32.1. The fourth-order valence-corrected chi connectivity index (χ4v) is 3.66. The first-order chi connectivity index (χ1) is 8.63. The lowest BCUT2D eigenvalue weighted by Gasteiger charge is -2.29. The van der Waals surface area contributed by atoms with Crippen molar-refractivity contribution >= 4 is 26.7 Å². The Labute approximate surface area is 112 Å². The molecular weight excluding hydrogens is 242 g/mol. The zero-order valence-corrected chi connectivity index (χ0v) is 11.8. The summed E-state index contributed by atoms with van der Waals surface area (Å²) in [7, 11) is 0. The molecule has 0 radical (unpaired) electrons. The van der Waals surface area contributed by atoms with Gasteiger partial charge in [-0.25, -0.2) is 4.98 Å². The number of aromatic nitrogens is 1. The van der Waals surface area contributed by atoms with Crippen LogP contribution in [-0.4, -0.2) is 24.1 Å². The Kier molecular flexibility index (Phi) is 2.99. The van der Waals surface area contributed by atoms with Gasteiger partial charge in [0.15, 0.2) is 5.13 Å².